The van der Waals surface area contributed by atoms with E-state index in [4.69, 9.17) is 4.74 Å². The molecule has 3 fully saturated rings. The maximum atomic E-state index is 14.6. The molecule has 160 valence electrons. The second-order valence-corrected chi connectivity index (χ2v) is 8.27. The normalized spacial score (nSPS) is 22.9. The number of morpholine rings is 1. The van der Waals surface area contributed by atoms with E-state index in [0.29, 0.717) is 23.4 Å². The minimum atomic E-state index is -0.980. The van der Waals surface area contributed by atoms with Crippen molar-refractivity contribution in [1.29, 1.82) is 0 Å². The van der Waals surface area contributed by atoms with Gasteiger partial charge in [0.1, 0.15) is 17.7 Å². The zero-order chi connectivity index (χ0) is 21.1. The highest BCUT2D eigenvalue weighted by atomic mass is 19.1. The van der Waals surface area contributed by atoms with Crippen LogP contribution in [-0.2, 0) is 4.74 Å². The summed E-state index contributed by atoms with van der Waals surface area (Å²) >= 11 is 0. The number of nitrogens with zero attached hydrogens (tertiary/aromatic N) is 5. The number of likely N-dealkylation sites (tertiary alicyclic amines) is 1. The van der Waals surface area contributed by atoms with Gasteiger partial charge in [0.25, 0.3) is 0 Å². The fourth-order valence-corrected chi connectivity index (χ4v) is 4.49. The molecular weight excluding hydrogens is 406 g/mol. The molecule has 1 aromatic carbocycles. The van der Waals surface area contributed by atoms with E-state index in [2.05, 4.69) is 20.3 Å². The lowest BCUT2D eigenvalue weighted by molar-refractivity contribution is 0.0103. The Balaban J connectivity index is 1.27. The molecule has 2 amide bonds. The number of alkyl halides is 1. The lowest BCUT2D eigenvalue weighted by Crippen LogP contribution is -2.64. The van der Waals surface area contributed by atoms with Crippen LogP contribution < -0.4 is 10.2 Å². The number of aromatic nitrogens is 3. The molecule has 0 saturated carbocycles. The number of rotatable bonds is 3. The number of halogens is 2. The Morgan fingerprint density at radius 1 is 1.19 bits per heavy atom. The van der Waals surface area contributed by atoms with Gasteiger partial charge < -0.3 is 19.9 Å². The summed E-state index contributed by atoms with van der Waals surface area (Å²) in [7, 11) is 0. The molecular formula is C21H20F2N6O2. The Morgan fingerprint density at radius 2 is 2.00 bits per heavy atom. The lowest BCUT2D eigenvalue weighted by Gasteiger charge is -2.53. The molecule has 0 spiro atoms. The molecule has 3 aliphatic heterocycles. The quantitative estimate of drug-likeness (QED) is 0.697. The number of benzene rings is 1. The van der Waals surface area contributed by atoms with Crippen molar-refractivity contribution in [2.75, 3.05) is 36.5 Å². The molecule has 2 unspecified atom stereocenters. The molecule has 31 heavy (non-hydrogen) atoms. The highest BCUT2D eigenvalue weighted by Gasteiger charge is 2.42. The first-order valence-corrected chi connectivity index (χ1v) is 10.3. The molecule has 1 N–H and O–H groups in total. The van der Waals surface area contributed by atoms with Crippen molar-refractivity contribution in [2.45, 2.75) is 24.7 Å². The summed E-state index contributed by atoms with van der Waals surface area (Å²) in [6, 6.07) is 6.60. The van der Waals surface area contributed by atoms with Crippen LogP contribution in [0.2, 0.25) is 0 Å². The second-order valence-electron chi connectivity index (χ2n) is 8.27. The van der Waals surface area contributed by atoms with Gasteiger partial charge in [-0.05, 0) is 30.7 Å². The van der Waals surface area contributed by atoms with Gasteiger partial charge in [-0.1, -0.05) is 0 Å². The third kappa shape index (κ3) is 3.09. The van der Waals surface area contributed by atoms with Crippen LogP contribution in [0.15, 0.2) is 36.7 Å². The highest BCUT2D eigenvalue weighted by molar-refractivity contribution is 5.90. The number of fused-ring (bicyclic) bond motifs is 3. The predicted octanol–water partition coefficient (Wildman–Crippen LogP) is 2.72. The molecule has 2 aromatic heterocycles. The van der Waals surface area contributed by atoms with Gasteiger partial charge >= 0.3 is 6.03 Å². The van der Waals surface area contributed by atoms with E-state index in [1.165, 1.54) is 27.8 Å². The Hall–Kier alpha value is -3.27. The van der Waals surface area contributed by atoms with Crippen molar-refractivity contribution < 1.29 is 18.3 Å². The average Bonchev–Trinajstić information content (AvgIpc) is 3.16. The summed E-state index contributed by atoms with van der Waals surface area (Å²) in [6.07, 6.45) is 3.67. The summed E-state index contributed by atoms with van der Waals surface area (Å²) in [4.78, 5) is 20.3. The monoisotopic (exact) mass is 426 g/mol. The lowest BCUT2D eigenvalue weighted by atomic mass is 9.90. The molecule has 6 rings (SSSR count). The van der Waals surface area contributed by atoms with Gasteiger partial charge in [-0.2, -0.15) is 0 Å². The van der Waals surface area contributed by atoms with Crippen LogP contribution in [0.4, 0.5) is 25.0 Å². The van der Waals surface area contributed by atoms with Crippen LogP contribution in [-0.4, -0.2) is 70.3 Å². The van der Waals surface area contributed by atoms with Crippen molar-refractivity contribution in [3.05, 3.63) is 42.5 Å². The average molecular weight is 426 g/mol. The van der Waals surface area contributed by atoms with E-state index in [1.807, 2.05) is 6.07 Å². The first-order chi connectivity index (χ1) is 15.0. The number of amides is 2. The van der Waals surface area contributed by atoms with E-state index in [0.717, 1.165) is 30.7 Å². The molecule has 0 radical (unpaired) electrons. The number of carbonyl (C=O) groups excluding carboxylic acids is 1. The first-order valence-electron chi connectivity index (χ1n) is 10.3. The maximum Gasteiger partial charge on any atom is 0.322 e. The third-order valence-corrected chi connectivity index (χ3v) is 6.16. The highest BCUT2D eigenvalue weighted by Crippen LogP contribution is 2.36. The third-order valence-electron chi connectivity index (χ3n) is 6.16. The number of pyridine rings is 1. The fraction of sp³-hybridized carbons (Fsp3) is 0.381. The van der Waals surface area contributed by atoms with Crippen LogP contribution in [0.3, 0.4) is 0 Å². The zero-order valence-corrected chi connectivity index (χ0v) is 16.5. The van der Waals surface area contributed by atoms with Crippen molar-refractivity contribution in [2.24, 2.45) is 0 Å². The second kappa shape index (κ2) is 6.88. The van der Waals surface area contributed by atoms with Gasteiger partial charge in [0.15, 0.2) is 5.65 Å². The van der Waals surface area contributed by atoms with E-state index < -0.39 is 18.0 Å². The predicted molar refractivity (Wildman–Crippen MR) is 110 cm³/mol. The number of ether oxygens (including phenoxy) is 1. The van der Waals surface area contributed by atoms with Crippen molar-refractivity contribution in [1.82, 2.24) is 19.7 Å². The van der Waals surface area contributed by atoms with Gasteiger partial charge in [-0.15, -0.1) is 5.10 Å². The summed E-state index contributed by atoms with van der Waals surface area (Å²) in [6.45, 7) is 1.59. The number of carbonyl (C=O) groups is 1. The summed E-state index contributed by atoms with van der Waals surface area (Å²) in [5, 5.41) is 7.88. The standard InChI is InChI=1S/C21H20F2N6O2/c22-13-8-27(9-13)21(30)25-14-1-2-18(23)19(4-14)28-7-12-3-15(6-24-20(12)26-28)29-16-5-17(29)11-31-10-16/h1-4,6-7,13,16-17H,5,8-11H2,(H,25,30). The number of anilines is 2. The van der Waals surface area contributed by atoms with E-state index in [1.54, 1.807) is 12.4 Å². The maximum absolute atomic E-state index is 14.6. The smallest absolute Gasteiger partial charge is 0.322 e. The van der Waals surface area contributed by atoms with Crippen molar-refractivity contribution in [3.63, 3.8) is 0 Å². The Labute approximate surface area is 176 Å². The van der Waals surface area contributed by atoms with Gasteiger partial charge in [0.2, 0.25) is 0 Å². The molecule has 2 bridgehead atoms. The van der Waals surface area contributed by atoms with Gasteiger partial charge in [-0.3, -0.25) is 0 Å². The van der Waals surface area contributed by atoms with Crippen molar-refractivity contribution >= 4 is 28.4 Å². The number of urea groups is 1. The SMILES string of the molecule is O=C(Nc1ccc(F)c(-n2cc3cc(N4C5COCC4C5)cnc3n2)c1)N1CC(F)C1. The van der Waals surface area contributed by atoms with Gasteiger partial charge in [-0.25, -0.2) is 23.2 Å². The van der Waals surface area contributed by atoms with Crippen LogP contribution >= 0.6 is 0 Å². The minimum absolute atomic E-state index is 0.0727. The number of hydrogen-bond acceptors (Lipinski definition) is 5. The van der Waals surface area contributed by atoms with E-state index >= 15 is 0 Å². The largest absolute Gasteiger partial charge is 0.377 e. The summed E-state index contributed by atoms with van der Waals surface area (Å²) in [5.74, 6) is -0.478. The van der Waals surface area contributed by atoms with Crippen LogP contribution in [0.25, 0.3) is 16.7 Å². The first kappa shape index (κ1) is 18.5. The molecule has 2 atom stereocenters. The van der Waals surface area contributed by atoms with E-state index in [-0.39, 0.29) is 18.8 Å². The molecule has 3 saturated heterocycles. The molecule has 0 aliphatic carbocycles. The Kier molecular flexibility index (Phi) is 4.10. The van der Waals surface area contributed by atoms with Gasteiger partial charge in [0.05, 0.1) is 50.3 Å². The Bertz CT molecular complexity index is 1160. The number of hydrogen-bond donors (Lipinski definition) is 1. The summed E-state index contributed by atoms with van der Waals surface area (Å²) < 4.78 is 34.5. The molecule has 10 heteroatoms. The van der Waals surface area contributed by atoms with E-state index in [9.17, 15) is 13.6 Å². The zero-order valence-electron chi connectivity index (χ0n) is 16.5. The number of nitrogens with one attached hydrogen (secondary N) is 1. The Morgan fingerprint density at radius 3 is 2.74 bits per heavy atom. The van der Waals surface area contributed by atoms with Crippen LogP contribution in [0.1, 0.15) is 6.42 Å². The van der Waals surface area contributed by atoms with Crippen LogP contribution in [0, 0.1) is 5.82 Å². The topological polar surface area (TPSA) is 75.5 Å². The molecule has 5 heterocycles. The summed E-state index contributed by atoms with van der Waals surface area (Å²) in [5.41, 5.74) is 2.12. The van der Waals surface area contributed by atoms with Gasteiger partial charge in [0, 0.05) is 17.3 Å². The fourth-order valence-electron chi connectivity index (χ4n) is 4.49. The van der Waals surface area contributed by atoms with Crippen LogP contribution in [0.5, 0.6) is 0 Å². The minimum Gasteiger partial charge on any atom is -0.377 e. The molecule has 3 aromatic rings. The molecule has 8 nitrogen and oxygen atoms in total. The molecule has 3 aliphatic rings. The van der Waals surface area contributed by atoms with Crippen molar-refractivity contribution in [3.8, 4) is 5.69 Å².